The van der Waals surface area contributed by atoms with Crippen LogP contribution in [0.4, 0.5) is 0 Å². The van der Waals surface area contributed by atoms with Crippen LogP contribution in [0, 0.1) is 0 Å². The predicted molar refractivity (Wildman–Crippen MR) is 95.1 cm³/mol. The van der Waals surface area contributed by atoms with Gasteiger partial charge in [-0.2, -0.15) is 4.31 Å². The van der Waals surface area contributed by atoms with Crippen LogP contribution in [0.5, 0.6) is 0 Å². The summed E-state index contributed by atoms with van der Waals surface area (Å²) in [7, 11) is -2.01. The molecule has 3 heterocycles. The minimum absolute atomic E-state index is 0.0427. The second kappa shape index (κ2) is 6.53. The number of benzene rings is 1. The Morgan fingerprint density at radius 2 is 1.88 bits per heavy atom. The first-order chi connectivity index (χ1) is 12.5. The van der Waals surface area contributed by atoms with Crippen LogP contribution in [-0.2, 0) is 19.6 Å². The molecule has 0 spiro atoms. The highest BCUT2D eigenvalue weighted by molar-refractivity contribution is 7.89. The number of amides is 1. The molecule has 1 aromatic carbocycles. The van der Waals surface area contributed by atoms with Gasteiger partial charge in [-0.1, -0.05) is 0 Å². The number of furan rings is 1. The molecular formula is C18H20N2O5S. The molecular weight excluding hydrogens is 356 g/mol. The van der Waals surface area contributed by atoms with E-state index in [1.54, 1.807) is 42.5 Å². The molecule has 26 heavy (non-hydrogen) atoms. The molecule has 0 fully saturated rings. The standard InChI is InChI=1S/C18H20N2O5S/c1-24-6-5-18(21)19-9-14-11-20(12-15(14)10-19)26(22,23)16-2-3-17-13(8-16)4-7-25-17/h2-4,7-8H,5-6,9-12H2,1H3. The van der Waals surface area contributed by atoms with E-state index in [0.717, 1.165) is 16.5 Å². The van der Waals surface area contributed by atoms with Gasteiger partial charge in [-0.05, 0) is 35.4 Å². The summed E-state index contributed by atoms with van der Waals surface area (Å²) in [6, 6.07) is 6.64. The van der Waals surface area contributed by atoms with Crippen LogP contribution in [0.3, 0.4) is 0 Å². The molecule has 7 nitrogen and oxygen atoms in total. The molecule has 1 amide bonds. The first kappa shape index (κ1) is 17.3. The van der Waals surface area contributed by atoms with Crippen molar-refractivity contribution in [3.63, 3.8) is 0 Å². The van der Waals surface area contributed by atoms with E-state index in [1.165, 1.54) is 4.31 Å². The van der Waals surface area contributed by atoms with Crippen LogP contribution in [0.1, 0.15) is 6.42 Å². The lowest BCUT2D eigenvalue weighted by Gasteiger charge is -2.22. The Morgan fingerprint density at radius 1 is 1.15 bits per heavy atom. The summed E-state index contributed by atoms with van der Waals surface area (Å²) in [6.07, 6.45) is 1.89. The second-order valence-electron chi connectivity index (χ2n) is 6.59. The normalized spacial score (nSPS) is 18.1. The summed E-state index contributed by atoms with van der Waals surface area (Å²) in [5, 5.41) is 0.765. The fraction of sp³-hybridized carbons (Fsp3) is 0.389. The Labute approximate surface area is 151 Å². The van der Waals surface area contributed by atoms with Gasteiger partial charge < -0.3 is 14.1 Å². The lowest BCUT2D eigenvalue weighted by atomic mass is 10.2. The van der Waals surface area contributed by atoms with Gasteiger partial charge in [0, 0.05) is 38.7 Å². The van der Waals surface area contributed by atoms with Crippen molar-refractivity contribution in [2.24, 2.45) is 0 Å². The van der Waals surface area contributed by atoms with Crippen molar-refractivity contribution in [3.05, 3.63) is 41.7 Å². The third kappa shape index (κ3) is 2.94. The Kier molecular flexibility index (Phi) is 4.34. The molecule has 0 bridgehead atoms. The van der Waals surface area contributed by atoms with Crippen molar-refractivity contribution in [1.82, 2.24) is 9.21 Å². The molecule has 0 saturated heterocycles. The molecule has 0 N–H and O–H groups in total. The van der Waals surface area contributed by atoms with Crippen LogP contribution in [-0.4, -0.2) is 63.4 Å². The molecule has 0 saturated carbocycles. The monoisotopic (exact) mass is 376 g/mol. The van der Waals surface area contributed by atoms with Crippen LogP contribution in [0.15, 0.2) is 51.0 Å². The van der Waals surface area contributed by atoms with Crippen molar-refractivity contribution >= 4 is 26.9 Å². The fourth-order valence-corrected chi connectivity index (χ4v) is 4.96. The lowest BCUT2D eigenvalue weighted by molar-refractivity contribution is -0.130. The maximum Gasteiger partial charge on any atom is 0.243 e. The molecule has 2 aromatic rings. The number of hydrogen-bond acceptors (Lipinski definition) is 5. The highest BCUT2D eigenvalue weighted by Gasteiger charge is 2.37. The van der Waals surface area contributed by atoms with Gasteiger partial charge in [-0.3, -0.25) is 4.79 Å². The number of nitrogens with zero attached hydrogens (tertiary/aromatic N) is 2. The minimum atomic E-state index is -3.58. The number of ether oxygens (including phenoxy) is 1. The molecule has 0 radical (unpaired) electrons. The molecule has 2 aliphatic rings. The van der Waals surface area contributed by atoms with Crippen molar-refractivity contribution in [1.29, 1.82) is 0 Å². The summed E-state index contributed by atoms with van der Waals surface area (Å²) in [4.78, 5) is 14.1. The van der Waals surface area contributed by atoms with Gasteiger partial charge in [-0.15, -0.1) is 0 Å². The van der Waals surface area contributed by atoms with Gasteiger partial charge in [0.25, 0.3) is 0 Å². The van der Waals surface area contributed by atoms with Crippen molar-refractivity contribution < 1.29 is 22.4 Å². The van der Waals surface area contributed by atoms with E-state index in [-0.39, 0.29) is 10.8 Å². The van der Waals surface area contributed by atoms with Crippen LogP contribution >= 0.6 is 0 Å². The summed E-state index contributed by atoms with van der Waals surface area (Å²) in [6.45, 7) is 2.09. The second-order valence-corrected chi connectivity index (χ2v) is 8.53. The fourth-order valence-electron chi connectivity index (χ4n) is 3.49. The molecule has 4 rings (SSSR count). The van der Waals surface area contributed by atoms with E-state index in [1.807, 2.05) is 0 Å². The Morgan fingerprint density at radius 3 is 2.58 bits per heavy atom. The zero-order chi connectivity index (χ0) is 18.3. The Hall–Kier alpha value is -2.16. The van der Waals surface area contributed by atoms with E-state index in [2.05, 4.69) is 0 Å². The Balaban J connectivity index is 1.46. The molecule has 0 unspecified atom stereocenters. The number of carbonyl (C=O) groups is 1. The SMILES string of the molecule is COCCC(=O)N1CC2=C(C1)CN(S(=O)(=O)c1ccc3occc3c1)C2. The van der Waals surface area contributed by atoms with Gasteiger partial charge in [-0.25, -0.2) is 8.42 Å². The van der Waals surface area contributed by atoms with Gasteiger partial charge in [0.2, 0.25) is 15.9 Å². The quantitative estimate of drug-likeness (QED) is 0.741. The maximum absolute atomic E-state index is 13.0. The van der Waals surface area contributed by atoms with Gasteiger partial charge >= 0.3 is 0 Å². The first-order valence-corrected chi connectivity index (χ1v) is 9.87. The Bertz CT molecular complexity index is 974. The summed E-state index contributed by atoms with van der Waals surface area (Å²) >= 11 is 0. The summed E-state index contributed by atoms with van der Waals surface area (Å²) in [5.74, 6) is 0.0427. The highest BCUT2D eigenvalue weighted by atomic mass is 32.2. The van der Waals surface area contributed by atoms with Gasteiger partial charge in [0.15, 0.2) is 0 Å². The number of fused-ring (bicyclic) bond motifs is 1. The molecule has 1 aromatic heterocycles. The number of rotatable bonds is 5. The third-order valence-electron chi connectivity index (χ3n) is 4.93. The van der Waals surface area contributed by atoms with Crippen LogP contribution in [0.25, 0.3) is 11.0 Å². The smallest absolute Gasteiger partial charge is 0.243 e. The van der Waals surface area contributed by atoms with Gasteiger partial charge in [0.1, 0.15) is 5.58 Å². The maximum atomic E-state index is 13.0. The predicted octanol–water partition coefficient (Wildman–Crippen LogP) is 1.61. The van der Waals surface area contributed by atoms with E-state index in [9.17, 15) is 13.2 Å². The summed E-state index contributed by atoms with van der Waals surface area (Å²) in [5.41, 5.74) is 2.73. The molecule has 138 valence electrons. The van der Waals surface area contributed by atoms with Gasteiger partial charge in [0.05, 0.1) is 24.2 Å². The average Bonchev–Trinajstić information content (AvgIpc) is 3.32. The van der Waals surface area contributed by atoms with Crippen LogP contribution < -0.4 is 0 Å². The summed E-state index contributed by atoms with van der Waals surface area (Å²) < 4.78 is 37.6. The highest BCUT2D eigenvalue weighted by Crippen LogP contribution is 2.31. The van der Waals surface area contributed by atoms with E-state index in [4.69, 9.17) is 9.15 Å². The largest absolute Gasteiger partial charge is 0.464 e. The molecule has 0 aliphatic carbocycles. The first-order valence-electron chi connectivity index (χ1n) is 8.43. The topological polar surface area (TPSA) is 80.1 Å². The van der Waals surface area contributed by atoms with Crippen LogP contribution in [0.2, 0.25) is 0 Å². The molecule has 8 heteroatoms. The number of carbonyl (C=O) groups excluding carboxylic acids is 1. The van der Waals surface area contributed by atoms with Crippen molar-refractivity contribution in [3.8, 4) is 0 Å². The zero-order valence-electron chi connectivity index (χ0n) is 14.5. The van der Waals surface area contributed by atoms with Crippen molar-refractivity contribution in [2.75, 3.05) is 39.9 Å². The van der Waals surface area contributed by atoms with E-state index >= 15 is 0 Å². The average molecular weight is 376 g/mol. The number of sulfonamides is 1. The molecule has 2 aliphatic heterocycles. The van der Waals surface area contributed by atoms with Crippen molar-refractivity contribution in [2.45, 2.75) is 11.3 Å². The minimum Gasteiger partial charge on any atom is -0.464 e. The number of methoxy groups -OCH3 is 1. The molecule has 0 atom stereocenters. The lowest BCUT2D eigenvalue weighted by Crippen LogP contribution is -2.36. The van der Waals surface area contributed by atoms with E-state index in [0.29, 0.717) is 44.8 Å². The number of hydrogen-bond donors (Lipinski definition) is 0. The van der Waals surface area contributed by atoms with E-state index < -0.39 is 10.0 Å². The third-order valence-corrected chi connectivity index (χ3v) is 6.72. The zero-order valence-corrected chi connectivity index (χ0v) is 15.3.